The Balaban J connectivity index is 3.22. The van der Waals surface area contributed by atoms with Crippen molar-refractivity contribution < 1.29 is 19.3 Å². The first kappa shape index (κ1) is 14.0. The summed E-state index contributed by atoms with van der Waals surface area (Å²) in [6, 6.07) is 7.22. The van der Waals surface area contributed by atoms with E-state index in [9.17, 15) is 5.11 Å². The summed E-state index contributed by atoms with van der Waals surface area (Å²) in [5.41, 5.74) is -0.443. The molecular weight excluding hydrogens is 220 g/mol. The molecule has 0 fully saturated rings. The summed E-state index contributed by atoms with van der Waals surface area (Å²) < 4.78 is 15.9. The van der Waals surface area contributed by atoms with Crippen LogP contribution in [-0.2, 0) is 15.3 Å². The highest BCUT2D eigenvalue weighted by Gasteiger charge is 2.46. The zero-order chi connectivity index (χ0) is 13.1. The monoisotopic (exact) mass is 240 g/mol. The Labute approximate surface area is 102 Å². The first-order valence-corrected chi connectivity index (χ1v) is 5.38. The maximum Gasteiger partial charge on any atom is 0.223 e. The Hall–Kier alpha value is -1.10. The average Bonchev–Trinajstić information content (AvgIpc) is 2.30. The molecule has 17 heavy (non-hydrogen) atoms. The molecule has 0 atom stereocenters. The lowest BCUT2D eigenvalue weighted by molar-refractivity contribution is -0.301. The van der Waals surface area contributed by atoms with Crippen molar-refractivity contribution in [2.45, 2.75) is 25.2 Å². The molecule has 0 amide bonds. The van der Waals surface area contributed by atoms with Crippen LogP contribution in [0.2, 0.25) is 0 Å². The summed E-state index contributed by atoms with van der Waals surface area (Å²) in [5.74, 6) is -0.454. The molecule has 0 aromatic heterocycles. The number of benzene rings is 1. The highest BCUT2D eigenvalue weighted by Crippen LogP contribution is 2.37. The topological polar surface area (TPSA) is 47.9 Å². The molecule has 0 radical (unpaired) electrons. The first-order chi connectivity index (χ1) is 7.91. The van der Waals surface area contributed by atoms with Gasteiger partial charge in [-0.3, -0.25) is 0 Å². The molecule has 1 aromatic carbocycles. The van der Waals surface area contributed by atoms with Crippen LogP contribution in [0.25, 0.3) is 0 Å². The normalized spacial score (nSPS) is 12.6. The SMILES string of the molecule is COc1ccc(C(OC)(OC)C(C)(C)O)cc1. The van der Waals surface area contributed by atoms with Crippen molar-refractivity contribution in [3.8, 4) is 5.75 Å². The van der Waals surface area contributed by atoms with Crippen LogP contribution in [0.4, 0.5) is 0 Å². The number of hydrogen-bond donors (Lipinski definition) is 1. The van der Waals surface area contributed by atoms with E-state index < -0.39 is 11.4 Å². The first-order valence-electron chi connectivity index (χ1n) is 5.38. The summed E-state index contributed by atoms with van der Waals surface area (Å²) in [4.78, 5) is 0. The molecular formula is C13H20O4. The average molecular weight is 240 g/mol. The molecule has 1 N–H and O–H groups in total. The maximum atomic E-state index is 10.2. The second-order valence-electron chi connectivity index (χ2n) is 4.31. The molecule has 0 saturated carbocycles. The second-order valence-corrected chi connectivity index (χ2v) is 4.31. The van der Waals surface area contributed by atoms with Gasteiger partial charge < -0.3 is 19.3 Å². The van der Waals surface area contributed by atoms with Gasteiger partial charge >= 0.3 is 0 Å². The van der Waals surface area contributed by atoms with Gasteiger partial charge in [0, 0.05) is 19.8 Å². The lowest BCUT2D eigenvalue weighted by atomic mass is 9.90. The van der Waals surface area contributed by atoms with Gasteiger partial charge in [-0.05, 0) is 38.1 Å². The van der Waals surface area contributed by atoms with E-state index in [4.69, 9.17) is 14.2 Å². The molecule has 0 aliphatic rings. The van der Waals surface area contributed by atoms with Crippen molar-refractivity contribution in [3.05, 3.63) is 29.8 Å². The van der Waals surface area contributed by atoms with Crippen molar-refractivity contribution >= 4 is 0 Å². The molecule has 0 aliphatic heterocycles. The number of aliphatic hydroxyl groups is 1. The zero-order valence-electron chi connectivity index (χ0n) is 11.0. The van der Waals surface area contributed by atoms with E-state index in [2.05, 4.69) is 0 Å². The molecule has 0 bridgehead atoms. The lowest BCUT2D eigenvalue weighted by Gasteiger charge is -2.40. The van der Waals surface area contributed by atoms with Gasteiger partial charge in [0.25, 0.3) is 0 Å². The van der Waals surface area contributed by atoms with Crippen LogP contribution in [0.3, 0.4) is 0 Å². The third-order valence-electron chi connectivity index (χ3n) is 2.85. The zero-order valence-corrected chi connectivity index (χ0v) is 11.0. The molecule has 0 heterocycles. The molecule has 1 rings (SSSR count). The summed E-state index contributed by atoms with van der Waals surface area (Å²) in [6.45, 7) is 3.29. The molecule has 96 valence electrons. The van der Waals surface area contributed by atoms with Crippen LogP contribution >= 0.6 is 0 Å². The number of methoxy groups -OCH3 is 3. The number of hydrogen-bond acceptors (Lipinski definition) is 4. The van der Waals surface area contributed by atoms with Crippen LogP contribution < -0.4 is 4.74 Å². The van der Waals surface area contributed by atoms with Crippen molar-refractivity contribution in [2.24, 2.45) is 0 Å². The minimum absolute atomic E-state index is 0.732. The van der Waals surface area contributed by atoms with Crippen LogP contribution in [0.5, 0.6) is 5.75 Å². The highest BCUT2D eigenvalue weighted by atomic mass is 16.7. The van der Waals surface area contributed by atoms with E-state index >= 15 is 0 Å². The molecule has 0 aliphatic carbocycles. The van der Waals surface area contributed by atoms with Gasteiger partial charge in [-0.25, -0.2) is 0 Å². The third-order valence-corrected chi connectivity index (χ3v) is 2.85. The molecule has 0 unspecified atom stereocenters. The van der Waals surface area contributed by atoms with Gasteiger partial charge in [-0.2, -0.15) is 0 Å². The predicted octanol–water partition coefficient (Wildman–Crippen LogP) is 1.91. The van der Waals surface area contributed by atoms with Crippen LogP contribution in [0.1, 0.15) is 19.4 Å². The fraction of sp³-hybridized carbons (Fsp3) is 0.538. The van der Waals surface area contributed by atoms with Crippen LogP contribution in [0, 0.1) is 0 Å². The van der Waals surface area contributed by atoms with Gasteiger partial charge in [-0.1, -0.05) is 0 Å². The molecule has 0 spiro atoms. The number of rotatable bonds is 5. The van der Waals surface area contributed by atoms with Crippen molar-refractivity contribution in [1.82, 2.24) is 0 Å². The molecule has 4 nitrogen and oxygen atoms in total. The van der Waals surface area contributed by atoms with E-state index in [1.54, 1.807) is 33.1 Å². The summed E-state index contributed by atoms with van der Waals surface area (Å²) in [5, 5.41) is 10.2. The van der Waals surface area contributed by atoms with Gasteiger partial charge in [0.15, 0.2) is 0 Å². The van der Waals surface area contributed by atoms with Gasteiger partial charge in [0.1, 0.15) is 11.4 Å². The quantitative estimate of drug-likeness (QED) is 0.799. The predicted molar refractivity (Wildman–Crippen MR) is 65.0 cm³/mol. The van der Waals surface area contributed by atoms with E-state index in [-0.39, 0.29) is 0 Å². The third kappa shape index (κ3) is 2.44. The van der Waals surface area contributed by atoms with E-state index in [1.165, 1.54) is 14.2 Å². The van der Waals surface area contributed by atoms with Crippen molar-refractivity contribution in [3.63, 3.8) is 0 Å². The summed E-state index contributed by atoms with van der Waals surface area (Å²) in [7, 11) is 4.61. The largest absolute Gasteiger partial charge is 0.497 e. The molecule has 0 saturated heterocycles. The van der Waals surface area contributed by atoms with Crippen molar-refractivity contribution in [2.75, 3.05) is 21.3 Å². The summed E-state index contributed by atoms with van der Waals surface area (Å²) in [6.07, 6.45) is 0. The Morgan fingerprint density at radius 1 is 0.941 bits per heavy atom. The Morgan fingerprint density at radius 3 is 1.71 bits per heavy atom. The van der Waals surface area contributed by atoms with E-state index in [0.717, 1.165) is 11.3 Å². The number of ether oxygens (including phenoxy) is 3. The standard InChI is InChI=1S/C13H20O4/c1-12(2,14)13(16-4,17-5)10-6-8-11(15-3)9-7-10/h6-9,14H,1-5H3. The summed E-state index contributed by atoms with van der Waals surface area (Å²) >= 11 is 0. The van der Waals surface area contributed by atoms with Crippen molar-refractivity contribution in [1.29, 1.82) is 0 Å². The van der Waals surface area contributed by atoms with Gasteiger partial charge in [0.05, 0.1) is 7.11 Å². The minimum atomic E-state index is -1.20. The Kier molecular flexibility index (Phi) is 4.14. The molecule has 4 heteroatoms. The maximum absolute atomic E-state index is 10.2. The van der Waals surface area contributed by atoms with Gasteiger partial charge in [0.2, 0.25) is 5.79 Å². The Morgan fingerprint density at radius 2 is 1.41 bits per heavy atom. The fourth-order valence-electron chi connectivity index (χ4n) is 1.98. The molecule has 1 aromatic rings. The smallest absolute Gasteiger partial charge is 0.223 e. The van der Waals surface area contributed by atoms with Crippen LogP contribution in [-0.4, -0.2) is 32.0 Å². The Bertz CT molecular complexity index is 347. The lowest BCUT2D eigenvalue weighted by Crippen LogP contribution is -2.50. The fourth-order valence-corrected chi connectivity index (χ4v) is 1.98. The van der Waals surface area contributed by atoms with E-state index in [1.807, 2.05) is 12.1 Å². The minimum Gasteiger partial charge on any atom is -0.497 e. The van der Waals surface area contributed by atoms with Crippen LogP contribution in [0.15, 0.2) is 24.3 Å². The van der Waals surface area contributed by atoms with E-state index in [0.29, 0.717) is 0 Å². The highest BCUT2D eigenvalue weighted by molar-refractivity contribution is 5.31. The second kappa shape index (κ2) is 5.04. The van der Waals surface area contributed by atoms with Gasteiger partial charge in [-0.15, -0.1) is 0 Å².